The molecule has 0 aromatic carbocycles. The number of thiazole rings is 1. The van der Waals surface area contributed by atoms with Crippen LogP contribution < -0.4 is 5.73 Å². The first kappa shape index (κ1) is 16.2. The number of likely N-dealkylation sites (N-methyl/N-ethyl adjacent to an activating group) is 1. The van der Waals surface area contributed by atoms with E-state index >= 15 is 0 Å². The van der Waals surface area contributed by atoms with E-state index in [1.807, 2.05) is 6.20 Å². The van der Waals surface area contributed by atoms with Crippen molar-refractivity contribution in [2.45, 2.75) is 26.3 Å². The van der Waals surface area contributed by atoms with E-state index in [4.69, 9.17) is 5.73 Å². The molecule has 5 nitrogen and oxygen atoms in total. The van der Waals surface area contributed by atoms with Gasteiger partial charge in [0, 0.05) is 50.3 Å². The summed E-state index contributed by atoms with van der Waals surface area (Å²) in [6, 6.07) is 0. The maximum Gasteiger partial charge on any atom is 0.180 e. The van der Waals surface area contributed by atoms with Gasteiger partial charge in [0.15, 0.2) is 5.13 Å². The molecule has 2 fully saturated rings. The molecule has 0 atom stereocenters. The molecule has 0 bridgehead atoms. The minimum Gasteiger partial charge on any atom is -0.375 e. The fourth-order valence-corrected chi connectivity index (χ4v) is 4.30. The third kappa shape index (κ3) is 4.19. The molecule has 0 radical (unpaired) electrons. The molecular weight excluding hydrogens is 294 g/mol. The number of piperazine rings is 1. The number of nitrogen functional groups attached to an aromatic ring is 1. The topological polar surface area (TPSA) is 48.6 Å². The van der Waals surface area contributed by atoms with Crippen molar-refractivity contribution in [2.75, 3.05) is 58.6 Å². The van der Waals surface area contributed by atoms with Gasteiger partial charge in [-0.25, -0.2) is 4.98 Å². The summed E-state index contributed by atoms with van der Waals surface area (Å²) in [5.74, 6) is 0. The van der Waals surface area contributed by atoms with Crippen LogP contribution >= 0.6 is 11.3 Å². The van der Waals surface area contributed by atoms with Crippen LogP contribution in [0.5, 0.6) is 0 Å². The van der Waals surface area contributed by atoms with Crippen molar-refractivity contribution < 1.29 is 0 Å². The predicted molar refractivity (Wildman–Crippen MR) is 93.1 cm³/mol. The van der Waals surface area contributed by atoms with Crippen LogP contribution in [0.25, 0.3) is 0 Å². The lowest BCUT2D eigenvalue weighted by Crippen LogP contribution is -2.50. The molecule has 3 heterocycles. The summed E-state index contributed by atoms with van der Waals surface area (Å²) in [7, 11) is 2.23. The molecule has 0 aliphatic carbocycles. The molecule has 2 aliphatic rings. The molecule has 0 amide bonds. The van der Waals surface area contributed by atoms with E-state index < -0.39 is 0 Å². The maximum atomic E-state index is 5.72. The summed E-state index contributed by atoms with van der Waals surface area (Å²) in [6.45, 7) is 12.1. The normalized spacial score (nSPS) is 24.6. The summed E-state index contributed by atoms with van der Waals surface area (Å²) < 4.78 is 0. The number of hydrogen-bond donors (Lipinski definition) is 1. The van der Waals surface area contributed by atoms with Gasteiger partial charge in [0.25, 0.3) is 0 Å². The molecule has 124 valence electrons. The van der Waals surface area contributed by atoms with Crippen LogP contribution in [0.15, 0.2) is 6.20 Å². The summed E-state index contributed by atoms with van der Waals surface area (Å²) in [5, 5.41) is 0.687. The fourth-order valence-electron chi connectivity index (χ4n) is 3.57. The Morgan fingerprint density at radius 2 is 1.82 bits per heavy atom. The second-order valence-electron chi connectivity index (χ2n) is 7.33. The number of aromatic nitrogens is 1. The van der Waals surface area contributed by atoms with E-state index in [1.54, 1.807) is 11.3 Å². The molecular formula is C16H29N5S. The van der Waals surface area contributed by atoms with Crippen molar-refractivity contribution in [1.82, 2.24) is 19.7 Å². The average molecular weight is 324 g/mol. The molecule has 6 heteroatoms. The number of hydrogen-bond acceptors (Lipinski definition) is 6. The SMILES string of the molecule is CN1CCN(CC2(C)CCN(Cc3cnc(N)s3)CC2)CC1. The smallest absolute Gasteiger partial charge is 0.180 e. The van der Waals surface area contributed by atoms with Gasteiger partial charge in [-0.15, -0.1) is 11.3 Å². The van der Waals surface area contributed by atoms with Crippen LogP contribution in [-0.4, -0.2) is 72.5 Å². The lowest BCUT2D eigenvalue weighted by Gasteiger charge is -2.44. The first-order chi connectivity index (χ1) is 10.5. The van der Waals surface area contributed by atoms with Crippen LogP contribution in [0.1, 0.15) is 24.6 Å². The van der Waals surface area contributed by atoms with E-state index in [2.05, 4.69) is 33.7 Å². The van der Waals surface area contributed by atoms with E-state index in [0.29, 0.717) is 10.5 Å². The maximum absolute atomic E-state index is 5.72. The molecule has 2 N–H and O–H groups in total. The Morgan fingerprint density at radius 1 is 1.14 bits per heavy atom. The number of nitrogens with zero attached hydrogens (tertiary/aromatic N) is 4. The Hall–Kier alpha value is -0.690. The number of likely N-dealkylation sites (tertiary alicyclic amines) is 1. The van der Waals surface area contributed by atoms with Crippen molar-refractivity contribution in [3.05, 3.63) is 11.1 Å². The van der Waals surface area contributed by atoms with E-state index in [0.717, 1.165) is 6.54 Å². The van der Waals surface area contributed by atoms with Crippen molar-refractivity contribution in [3.63, 3.8) is 0 Å². The first-order valence-corrected chi connectivity index (χ1v) is 9.18. The van der Waals surface area contributed by atoms with Gasteiger partial charge in [0.2, 0.25) is 0 Å². The zero-order valence-electron chi connectivity index (χ0n) is 13.9. The summed E-state index contributed by atoms with van der Waals surface area (Å²) in [4.78, 5) is 13.1. The Kier molecular flexibility index (Phi) is 5.02. The zero-order valence-corrected chi connectivity index (χ0v) is 14.7. The van der Waals surface area contributed by atoms with Gasteiger partial charge in [-0.2, -0.15) is 0 Å². The molecule has 0 unspecified atom stereocenters. The highest BCUT2D eigenvalue weighted by Crippen LogP contribution is 2.33. The van der Waals surface area contributed by atoms with E-state index in [-0.39, 0.29) is 0 Å². The number of nitrogens with two attached hydrogens (primary N) is 1. The van der Waals surface area contributed by atoms with Gasteiger partial charge in [-0.1, -0.05) is 6.92 Å². The quantitative estimate of drug-likeness (QED) is 0.911. The van der Waals surface area contributed by atoms with Crippen LogP contribution in [0, 0.1) is 5.41 Å². The summed E-state index contributed by atoms with van der Waals surface area (Å²) >= 11 is 1.62. The van der Waals surface area contributed by atoms with Crippen molar-refractivity contribution in [3.8, 4) is 0 Å². The van der Waals surface area contributed by atoms with E-state index in [9.17, 15) is 0 Å². The molecule has 0 saturated carbocycles. The highest BCUT2D eigenvalue weighted by Gasteiger charge is 2.32. The minimum atomic E-state index is 0.485. The van der Waals surface area contributed by atoms with Gasteiger partial charge in [-0.3, -0.25) is 4.90 Å². The lowest BCUT2D eigenvalue weighted by molar-refractivity contribution is 0.0521. The molecule has 2 aliphatic heterocycles. The standard InChI is InChI=1S/C16H29N5S/c1-16(13-21-9-7-19(2)8-10-21)3-5-20(6-4-16)12-14-11-18-15(17)22-14/h11H,3-10,12-13H2,1-2H3,(H2,17,18). The van der Waals surface area contributed by atoms with Gasteiger partial charge in [0.05, 0.1) is 0 Å². The Labute approximate surface area is 138 Å². The molecule has 2 saturated heterocycles. The van der Waals surface area contributed by atoms with Gasteiger partial charge in [0.1, 0.15) is 0 Å². The number of anilines is 1. The summed E-state index contributed by atoms with van der Waals surface area (Å²) in [5.41, 5.74) is 6.21. The van der Waals surface area contributed by atoms with Crippen LogP contribution in [-0.2, 0) is 6.54 Å². The van der Waals surface area contributed by atoms with Crippen LogP contribution in [0.4, 0.5) is 5.13 Å². The Bertz CT molecular complexity index is 473. The molecule has 22 heavy (non-hydrogen) atoms. The van der Waals surface area contributed by atoms with Gasteiger partial charge < -0.3 is 15.5 Å². The molecule has 1 aromatic heterocycles. The second-order valence-corrected chi connectivity index (χ2v) is 8.48. The second kappa shape index (κ2) is 6.83. The largest absolute Gasteiger partial charge is 0.375 e. The number of rotatable bonds is 4. The van der Waals surface area contributed by atoms with Crippen LogP contribution in [0.3, 0.4) is 0 Å². The fraction of sp³-hybridized carbons (Fsp3) is 0.812. The molecule has 1 aromatic rings. The highest BCUT2D eigenvalue weighted by atomic mass is 32.1. The van der Waals surface area contributed by atoms with Crippen molar-refractivity contribution in [1.29, 1.82) is 0 Å². The predicted octanol–water partition coefficient (Wildman–Crippen LogP) is 1.57. The number of piperidine rings is 1. The molecule has 0 spiro atoms. The zero-order chi connectivity index (χ0) is 15.6. The highest BCUT2D eigenvalue weighted by molar-refractivity contribution is 7.15. The lowest BCUT2D eigenvalue weighted by atomic mass is 9.79. The van der Waals surface area contributed by atoms with Crippen molar-refractivity contribution in [2.24, 2.45) is 5.41 Å². The van der Waals surface area contributed by atoms with Crippen LogP contribution in [0.2, 0.25) is 0 Å². The monoisotopic (exact) mass is 323 g/mol. The molecule has 3 rings (SSSR count). The minimum absolute atomic E-state index is 0.485. The Morgan fingerprint density at radius 3 is 2.41 bits per heavy atom. The van der Waals surface area contributed by atoms with Crippen molar-refractivity contribution >= 4 is 16.5 Å². The summed E-state index contributed by atoms with van der Waals surface area (Å²) in [6.07, 6.45) is 4.53. The van der Waals surface area contributed by atoms with E-state index in [1.165, 1.54) is 63.5 Å². The Balaban J connectivity index is 1.45. The third-order valence-electron chi connectivity index (χ3n) is 5.22. The first-order valence-electron chi connectivity index (χ1n) is 8.36. The van der Waals surface area contributed by atoms with Gasteiger partial charge >= 0.3 is 0 Å². The average Bonchev–Trinajstić information content (AvgIpc) is 2.90. The van der Waals surface area contributed by atoms with Gasteiger partial charge in [-0.05, 0) is 38.4 Å². The third-order valence-corrected chi connectivity index (χ3v) is 6.03.